The molecule has 0 saturated heterocycles. The van der Waals surface area contributed by atoms with Gasteiger partial charge in [0.1, 0.15) is 6.10 Å². The lowest BCUT2D eigenvalue weighted by molar-refractivity contribution is -0.147. The van der Waals surface area contributed by atoms with E-state index in [0.29, 0.717) is 0 Å². The van der Waals surface area contributed by atoms with Crippen molar-refractivity contribution in [3.05, 3.63) is 35.5 Å². The summed E-state index contributed by atoms with van der Waals surface area (Å²) in [7, 11) is 0. The molecule has 0 amide bonds. The van der Waals surface area contributed by atoms with E-state index in [4.69, 9.17) is 4.74 Å². The molecule has 0 aromatic carbocycles. The summed E-state index contributed by atoms with van der Waals surface area (Å²) >= 11 is 0. The molecule has 0 spiro atoms. The van der Waals surface area contributed by atoms with Gasteiger partial charge in [-0.25, -0.2) is 0 Å². The van der Waals surface area contributed by atoms with Crippen LogP contribution in [0.2, 0.25) is 0 Å². The minimum absolute atomic E-state index is 0.0132. The van der Waals surface area contributed by atoms with Crippen molar-refractivity contribution in [3.63, 3.8) is 0 Å². The Kier molecular flexibility index (Phi) is 5.49. The van der Waals surface area contributed by atoms with Gasteiger partial charge in [0.15, 0.2) is 5.78 Å². The van der Waals surface area contributed by atoms with Gasteiger partial charge < -0.3 is 4.74 Å². The van der Waals surface area contributed by atoms with E-state index >= 15 is 0 Å². The van der Waals surface area contributed by atoms with E-state index in [1.54, 1.807) is 6.08 Å². The molecule has 20 heavy (non-hydrogen) atoms. The number of carbonyl (C=O) groups is 2. The van der Waals surface area contributed by atoms with Crippen LogP contribution in [-0.2, 0) is 14.3 Å². The van der Waals surface area contributed by atoms with Crippen LogP contribution in [0.1, 0.15) is 47.5 Å². The molecule has 1 aliphatic carbocycles. The Morgan fingerprint density at radius 2 is 2.00 bits per heavy atom. The molecule has 0 aromatic rings. The first-order valence-electron chi connectivity index (χ1n) is 6.97. The maximum absolute atomic E-state index is 12.0. The SMILES string of the molecule is CC(=O)OC1C=C(C)CCC=C(C)C(=O)C=CC1(C)C. The van der Waals surface area contributed by atoms with Crippen LogP contribution in [0.3, 0.4) is 0 Å². The first kappa shape index (κ1) is 16.4. The number of carbonyl (C=O) groups excluding carboxylic acids is 2. The van der Waals surface area contributed by atoms with Crippen LogP contribution in [0.4, 0.5) is 0 Å². The highest BCUT2D eigenvalue weighted by atomic mass is 16.5. The molecule has 3 heteroatoms. The second-order valence-corrected chi connectivity index (χ2v) is 5.99. The van der Waals surface area contributed by atoms with Crippen molar-refractivity contribution in [1.29, 1.82) is 0 Å². The van der Waals surface area contributed by atoms with E-state index in [9.17, 15) is 9.59 Å². The summed E-state index contributed by atoms with van der Waals surface area (Å²) in [6, 6.07) is 0. The molecule has 0 saturated carbocycles. The van der Waals surface area contributed by atoms with Crippen LogP contribution in [0.15, 0.2) is 35.5 Å². The Bertz CT molecular complexity index is 478. The van der Waals surface area contributed by atoms with Gasteiger partial charge in [0.05, 0.1) is 0 Å². The van der Waals surface area contributed by atoms with E-state index in [1.807, 2.05) is 45.9 Å². The fourth-order valence-electron chi connectivity index (χ4n) is 2.05. The highest BCUT2D eigenvalue weighted by Gasteiger charge is 2.28. The van der Waals surface area contributed by atoms with E-state index in [2.05, 4.69) is 0 Å². The van der Waals surface area contributed by atoms with Crippen molar-refractivity contribution in [2.24, 2.45) is 5.41 Å². The minimum atomic E-state index is -0.423. The van der Waals surface area contributed by atoms with Gasteiger partial charge in [-0.15, -0.1) is 0 Å². The third-order valence-corrected chi connectivity index (χ3v) is 3.50. The lowest BCUT2D eigenvalue weighted by Crippen LogP contribution is -2.30. The van der Waals surface area contributed by atoms with Gasteiger partial charge in [0.2, 0.25) is 0 Å². The third kappa shape index (κ3) is 4.80. The molecule has 0 radical (unpaired) electrons. The Balaban J connectivity index is 3.17. The largest absolute Gasteiger partial charge is 0.457 e. The van der Waals surface area contributed by atoms with E-state index in [1.165, 1.54) is 6.92 Å². The fourth-order valence-corrected chi connectivity index (χ4v) is 2.05. The predicted octanol–water partition coefficient (Wildman–Crippen LogP) is 3.76. The number of esters is 1. The molecule has 1 rings (SSSR count). The molecule has 1 atom stereocenters. The van der Waals surface area contributed by atoms with Crippen LogP contribution < -0.4 is 0 Å². The molecule has 0 fully saturated rings. The molecular formula is C17H24O3. The maximum atomic E-state index is 12.0. The standard InChI is InChI=1S/C17H24O3/c1-12-7-6-8-13(2)15(19)9-10-17(4,5)16(11-12)20-14(3)18/h8-11,16H,6-7H2,1-5H3. The molecule has 0 aromatic heterocycles. The molecule has 3 nitrogen and oxygen atoms in total. The predicted molar refractivity (Wildman–Crippen MR) is 80.2 cm³/mol. The van der Waals surface area contributed by atoms with Crippen LogP contribution >= 0.6 is 0 Å². The monoisotopic (exact) mass is 276 g/mol. The Hall–Kier alpha value is -1.64. The lowest BCUT2D eigenvalue weighted by atomic mass is 9.84. The minimum Gasteiger partial charge on any atom is -0.457 e. The molecule has 0 aliphatic heterocycles. The zero-order valence-electron chi connectivity index (χ0n) is 13.0. The van der Waals surface area contributed by atoms with E-state index in [0.717, 1.165) is 24.0 Å². The van der Waals surface area contributed by atoms with Gasteiger partial charge >= 0.3 is 5.97 Å². The topological polar surface area (TPSA) is 43.4 Å². The van der Waals surface area contributed by atoms with Crippen LogP contribution in [0.5, 0.6) is 0 Å². The molecule has 110 valence electrons. The quantitative estimate of drug-likeness (QED) is 0.541. The first-order valence-corrected chi connectivity index (χ1v) is 6.97. The zero-order valence-corrected chi connectivity index (χ0v) is 13.0. The summed E-state index contributed by atoms with van der Waals surface area (Å²) in [5, 5.41) is 0. The summed E-state index contributed by atoms with van der Waals surface area (Å²) in [6.07, 6.45) is 8.68. The zero-order chi connectivity index (χ0) is 15.3. The highest BCUT2D eigenvalue weighted by molar-refractivity contribution is 6.03. The van der Waals surface area contributed by atoms with Crippen molar-refractivity contribution in [2.75, 3.05) is 0 Å². The summed E-state index contributed by atoms with van der Waals surface area (Å²) < 4.78 is 5.42. The van der Waals surface area contributed by atoms with Gasteiger partial charge in [-0.1, -0.05) is 31.6 Å². The molecule has 0 N–H and O–H groups in total. The van der Waals surface area contributed by atoms with Gasteiger partial charge in [-0.05, 0) is 44.4 Å². The summed E-state index contributed by atoms with van der Waals surface area (Å²) in [4.78, 5) is 23.3. The summed E-state index contributed by atoms with van der Waals surface area (Å²) in [5.74, 6) is -0.296. The first-order chi connectivity index (χ1) is 9.22. The maximum Gasteiger partial charge on any atom is 0.303 e. The third-order valence-electron chi connectivity index (χ3n) is 3.50. The van der Waals surface area contributed by atoms with Crippen LogP contribution in [0.25, 0.3) is 0 Å². The second kappa shape index (κ2) is 6.69. The van der Waals surface area contributed by atoms with Crippen molar-refractivity contribution < 1.29 is 14.3 Å². The van der Waals surface area contributed by atoms with Gasteiger partial charge in [0, 0.05) is 12.3 Å². The normalized spacial score (nSPS) is 23.4. The molecular weight excluding hydrogens is 252 g/mol. The molecule has 1 aliphatic rings. The van der Waals surface area contributed by atoms with Crippen molar-refractivity contribution in [3.8, 4) is 0 Å². The van der Waals surface area contributed by atoms with Gasteiger partial charge in [0.25, 0.3) is 0 Å². The molecule has 1 unspecified atom stereocenters. The number of rotatable bonds is 1. The smallest absolute Gasteiger partial charge is 0.303 e. The number of ether oxygens (including phenoxy) is 1. The average molecular weight is 276 g/mol. The van der Waals surface area contributed by atoms with Crippen LogP contribution in [0, 0.1) is 5.41 Å². The fraction of sp³-hybridized carbons (Fsp3) is 0.529. The Morgan fingerprint density at radius 3 is 2.60 bits per heavy atom. The number of ketones is 1. The van der Waals surface area contributed by atoms with E-state index < -0.39 is 5.41 Å². The number of hydrogen-bond acceptors (Lipinski definition) is 3. The van der Waals surface area contributed by atoms with Crippen LogP contribution in [-0.4, -0.2) is 17.9 Å². The average Bonchev–Trinajstić information content (AvgIpc) is 2.34. The number of hydrogen-bond donors (Lipinski definition) is 0. The van der Waals surface area contributed by atoms with Crippen molar-refractivity contribution >= 4 is 11.8 Å². The summed E-state index contributed by atoms with van der Waals surface area (Å²) in [5.41, 5.74) is 1.50. The number of allylic oxidation sites excluding steroid dienone is 4. The summed E-state index contributed by atoms with van der Waals surface area (Å²) in [6.45, 7) is 9.19. The lowest BCUT2D eigenvalue weighted by Gasteiger charge is -2.29. The Morgan fingerprint density at radius 1 is 1.35 bits per heavy atom. The second-order valence-electron chi connectivity index (χ2n) is 5.99. The molecule has 0 heterocycles. The Labute approximate surface area is 121 Å². The van der Waals surface area contributed by atoms with Gasteiger partial charge in [-0.3, -0.25) is 9.59 Å². The van der Waals surface area contributed by atoms with Crippen molar-refractivity contribution in [2.45, 2.75) is 53.6 Å². The highest BCUT2D eigenvalue weighted by Crippen LogP contribution is 2.29. The van der Waals surface area contributed by atoms with E-state index in [-0.39, 0.29) is 17.9 Å². The molecule has 0 bridgehead atoms. The van der Waals surface area contributed by atoms with Crippen molar-refractivity contribution in [1.82, 2.24) is 0 Å². The van der Waals surface area contributed by atoms with Gasteiger partial charge in [-0.2, -0.15) is 0 Å².